The van der Waals surface area contributed by atoms with Crippen LogP contribution in [0.2, 0.25) is 0 Å². The normalized spacial score (nSPS) is 9.40. The summed E-state index contributed by atoms with van der Waals surface area (Å²) in [5, 5.41) is 10.5. The molecule has 0 unspecified atom stereocenters. The van der Waals surface area contributed by atoms with Gasteiger partial charge in [-0.25, -0.2) is 0 Å². The van der Waals surface area contributed by atoms with E-state index in [4.69, 9.17) is 10.8 Å². The summed E-state index contributed by atoms with van der Waals surface area (Å²) >= 11 is 0. The minimum absolute atomic E-state index is 0.115. The Bertz CT molecular complexity index is 95.7. The molecule has 0 fully saturated rings. The van der Waals surface area contributed by atoms with Crippen molar-refractivity contribution < 1.29 is 9.90 Å². The van der Waals surface area contributed by atoms with Gasteiger partial charge in [0.05, 0.1) is 0 Å². The molecular weight excluding hydrogens is 132 g/mol. The number of nitrogens with two attached hydrogens (primary N) is 1. The zero-order valence-electron chi connectivity index (χ0n) is 5.97. The van der Waals surface area contributed by atoms with E-state index in [0.29, 0.717) is 13.0 Å². The number of carbonyl (C=O) groups is 1. The molecule has 0 aliphatic heterocycles. The van der Waals surface area contributed by atoms with Crippen LogP contribution in [0.1, 0.15) is 19.3 Å². The Morgan fingerprint density at radius 1 is 1.50 bits per heavy atom. The molecule has 0 saturated carbocycles. The van der Waals surface area contributed by atoms with Crippen molar-refractivity contribution in [3.05, 3.63) is 0 Å². The first-order valence-electron chi connectivity index (χ1n) is 3.39. The number of aliphatic hydroxyl groups is 1. The van der Waals surface area contributed by atoms with Crippen molar-refractivity contribution >= 4 is 5.91 Å². The van der Waals surface area contributed by atoms with E-state index in [1.165, 1.54) is 0 Å². The lowest BCUT2D eigenvalue weighted by molar-refractivity contribution is -0.122. The van der Waals surface area contributed by atoms with Crippen molar-refractivity contribution in [1.82, 2.24) is 5.32 Å². The Morgan fingerprint density at radius 3 is 2.70 bits per heavy atom. The van der Waals surface area contributed by atoms with Crippen molar-refractivity contribution in [2.24, 2.45) is 5.73 Å². The van der Waals surface area contributed by atoms with E-state index in [0.717, 1.165) is 12.8 Å². The van der Waals surface area contributed by atoms with Gasteiger partial charge in [-0.15, -0.1) is 0 Å². The molecule has 60 valence electrons. The van der Waals surface area contributed by atoms with Crippen LogP contribution in [0.3, 0.4) is 0 Å². The number of aliphatic hydroxyl groups excluding tert-OH is 1. The third kappa shape index (κ3) is 5.53. The molecule has 0 aliphatic rings. The predicted molar refractivity (Wildman–Crippen MR) is 38.1 cm³/mol. The Morgan fingerprint density at radius 2 is 2.20 bits per heavy atom. The summed E-state index contributed by atoms with van der Waals surface area (Å²) in [6.45, 7) is 0.341. The standard InChI is InChI=1S/C6H14N2O2/c7-4-2-1-3-6(10)8-5-9/h9H,1-5,7H2,(H,8,10). The van der Waals surface area contributed by atoms with Gasteiger partial charge in [-0.2, -0.15) is 0 Å². The molecule has 1 amide bonds. The van der Waals surface area contributed by atoms with Gasteiger partial charge >= 0.3 is 0 Å². The van der Waals surface area contributed by atoms with Crippen molar-refractivity contribution in [2.45, 2.75) is 19.3 Å². The van der Waals surface area contributed by atoms with E-state index in [2.05, 4.69) is 5.32 Å². The Kier molecular flexibility index (Phi) is 6.11. The molecule has 0 aliphatic carbocycles. The molecule has 4 nitrogen and oxygen atoms in total. The van der Waals surface area contributed by atoms with Crippen LogP contribution < -0.4 is 11.1 Å². The van der Waals surface area contributed by atoms with Gasteiger partial charge in [-0.3, -0.25) is 4.79 Å². The van der Waals surface area contributed by atoms with Gasteiger partial charge in [0.1, 0.15) is 6.73 Å². The van der Waals surface area contributed by atoms with Gasteiger partial charge < -0.3 is 16.2 Å². The highest BCUT2D eigenvalue weighted by Gasteiger charge is 1.96. The number of amides is 1. The molecule has 4 N–H and O–H groups in total. The molecule has 0 heterocycles. The number of hydrogen-bond acceptors (Lipinski definition) is 3. The van der Waals surface area contributed by atoms with Gasteiger partial charge in [0.15, 0.2) is 0 Å². The molecule has 4 heteroatoms. The summed E-state index contributed by atoms with van der Waals surface area (Å²) < 4.78 is 0. The first kappa shape index (κ1) is 9.39. The number of carbonyl (C=O) groups excluding carboxylic acids is 1. The maximum absolute atomic E-state index is 10.6. The van der Waals surface area contributed by atoms with Gasteiger partial charge in [0.25, 0.3) is 0 Å². The molecule has 10 heavy (non-hydrogen) atoms. The van der Waals surface area contributed by atoms with E-state index >= 15 is 0 Å². The molecule has 0 atom stereocenters. The third-order valence-corrected chi connectivity index (χ3v) is 1.13. The highest BCUT2D eigenvalue weighted by atomic mass is 16.3. The SMILES string of the molecule is NCCCCC(=O)NCO. The highest BCUT2D eigenvalue weighted by molar-refractivity contribution is 5.75. The molecule has 0 spiro atoms. The summed E-state index contributed by atoms with van der Waals surface area (Å²) in [6.07, 6.45) is 2.11. The molecule has 0 aromatic carbocycles. The van der Waals surface area contributed by atoms with E-state index in [-0.39, 0.29) is 12.6 Å². The molecule has 0 rings (SSSR count). The fourth-order valence-electron chi connectivity index (χ4n) is 0.606. The molecule has 0 aromatic heterocycles. The fraction of sp³-hybridized carbons (Fsp3) is 0.833. The van der Waals surface area contributed by atoms with Crippen LogP contribution in [0.5, 0.6) is 0 Å². The maximum Gasteiger partial charge on any atom is 0.221 e. The average Bonchev–Trinajstić information content (AvgIpc) is 1.89. The number of rotatable bonds is 5. The van der Waals surface area contributed by atoms with Crippen molar-refractivity contribution in [2.75, 3.05) is 13.3 Å². The number of nitrogens with one attached hydrogen (secondary N) is 1. The highest BCUT2D eigenvalue weighted by Crippen LogP contribution is 1.91. The van der Waals surface area contributed by atoms with Crippen LogP contribution in [0.25, 0.3) is 0 Å². The molecule has 0 saturated heterocycles. The summed E-state index contributed by atoms with van der Waals surface area (Å²) in [7, 11) is 0. The minimum atomic E-state index is -0.276. The van der Waals surface area contributed by atoms with Crippen LogP contribution in [-0.2, 0) is 4.79 Å². The van der Waals surface area contributed by atoms with Gasteiger partial charge in [0, 0.05) is 6.42 Å². The zero-order chi connectivity index (χ0) is 7.82. The topological polar surface area (TPSA) is 75.4 Å². The van der Waals surface area contributed by atoms with E-state index < -0.39 is 0 Å². The van der Waals surface area contributed by atoms with Gasteiger partial charge in [0.2, 0.25) is 5.91 Å². The third-order valence-electron chi connectivity index (χ3n) is 1.13. The summed E-state index contributed by atoms with van der Waals surface area (Å²) in [4.78, 5) is 10.6. The second-order valence-electron chi connectivity index (χ2n) is 2.00. The smallest absolute Gasteiger partial charge is 0.221 e. The van der Waals surface area contributed by atoms with Crippen molar-refractivity contribution in [1.29, 1.82) is 0 Å². The largest absolute Gasteiger partial charge is 0.377 e. The van der Waals surface area contributed by atoms with Crippen LogP contribution >= 0.6 is 0 Å². The lowest BCUT2D eigenvalue weighted by atomic mass is 10.2. The van der Waals surface area contributed by atoms with Gasteiger partial charge in [-0.1, -0.05) is 0 Å². The zero-order valence-corrected chi connectivity index (χ0v) is 5.97. The molecule has 0 bridgehead atoms. The van der Waals surface area contributed by atoms with E-state index in [9.17, 15) is 4.79 Å². The average molecular weight is 146 g/mol. The second-order valence-corrected chi connectivity index (χ2v) is 2.00. The van der Waals surface area contributed by atoms with Crippen LogP contribution in [0, 0.1) is 0 Å². The Balaban J connectivity index is 3.05. The van der Waals surface area contributed by atoms with Crippen molar-refractivity contribution in [3.63, 3.8) is 0 Å². The first-order chi connectivity index (χ1) is 4.81. The monoisotopic (exact) mass is 146 g/mol. The molecule has 0 aromatic rings. The minimum Gasteiger partial charge on any atom is -0.377 e. The van der Waals surface area contributed by atoms with Gasteiger partial charge in [-0.05, 0) is 19.4 Å². The predicted octanol–water partition coefficient (Wildman–Crippen LogP) is -0.819. The number of hydrogen-bond donors (Lipinski definition) is 3. The van der Waals surface area contributed by atoms with Crippen LogP contribution in [0.15, 0.2) is 0 Å². The summed E-state index contributed by atoms with van der Waals surface area (Å²) in [6, 6.07) is 0. The summed E-state index contributed by atoms with van der Waals surface area (Å²) in [5.41, 5.74) is 5.21. The van der Waals surface area contributed by atoms with Crippen LogP contribution in [0.4, 0.5) is 0 Å². The van der Waals surface area contributed by atoms with E-state index in [1.807, 2.05) is 0 Å². The molecule has 0 radical (unpaired) electrons. The summed E-state index contributed by atoms with van der Waals surface area (Å²) in [5.74, 6) is -0.115. The Labute approximate surface area is 60.4 Å². The number of unbranched alkanes of at least 4 members (excludes halogenated alkanes) is 1. The Hall–Kier alpha value is -0.610. The van der Waals surface area contributed by atoms with Crippen LogP contribution in [-0.4, -0.2) is 24.3 Å². The second kappa shape index (κ2) is 6.51. The lowest BCUT2D eigenvalue weighted by Gasteiger charge is -1.99. The van der Waals surface area contributed by atoms with Crippen molar-refractivity contribution in [3.8, 4) is 0 Å². The fourth-order valence-corrected chi connectivity index (χ4v) is 0.606. The first-order valence-corrected chi connectivity index (χ1v) is 3.39. The lowest BCUT2D eigenvalue weighted by Crippen LogP contribution is -2.23. The molecular formula is C6H14N2O2. The quantitative estimate of drug-likeness (QED) is 0.350. The van der Waals surface area contributed by atoms with E-state index in [1.54, 1.807) is 0 Å². The maximum atomic E-state index is 10.6.